The van der Waals surface area contributed by atoms with E-state index in [0.29, 0.717) is 18.5 Å². The standard InChI is InChI=1S/C11H11F2NO/c12-11(13)15-10-6-3-5-9(8-10)4-1-2-7-14/h3,5-6,8,11H,2,7,14H2. The Kier molecular flexibility index (Phi) is 4.58. The summed E-state index contributed by atoms with van der Waals surface area (Å²) < 4.78 is 28.0. The van der Waals surface area contributed by atoms with E-state index in [1.807, 2.05) is 0 Å². The molecule has 0 bridgehead atoms. The topological polar surface area (TPSA) is 35.2 Å². The number of rotatable bonds is 3. The lowest BCUT2D eigenvalue weighted by Crippen LogP contribution is -2.01. The van der Waals surface area contributed by atoms with E-state index in [-0.39, 0.29) is 5.75 Å². The van der Waals surface area contributed by atoms with Crippen molar-refractivity contribution in [1.29, 1.82) is 0 Å². The first kappa shape index (κ1) is 11.5. The Morgan fingerprint density at radius 2 is 2.20 bits per heavy atom. The van der Waals surface area contributed by atoms with Gasteiger partial charge >= 0.3 is 6.61 Å². The van der Waals surface area contributed by atoms with Crippen molar-refractivity contribution in [3.8, 4) is 17.6 Å². The Morgan fingerprint density at radius 1 is 1.40 bits per heavy atom. The van der Waals surface area contributed by atoms with Crippen molar-refractivity contribution in [3.63, 3.8) is 0 Å². The molecule has 0 radical (unpaired) electrons. The van der Waals surface area contributed by atoms with Gasteiger partial charge in [-0.05, 0) is 18.2 Å². The molecule has 4 heteroatoms. The first-order valence-electron chi connectivity index (χ1n) is 4.46. The van der Waals surface area contributed by atoms with Gasteiger partial charge in [-0.2, -0.15) is 8.78 Å². The second kappa shape index (κ2) is 5.99. The molecule has 0 unspecified atom stereocenters. The Hall–Kier alpha value is -1.60. The van der Waals surface area contributed by atoms with Crippen LogP contribution in [0.15, 0.2) is 24.3 Å². The molecule has 0 saturated carbocycles. The summed E-state index contributed by atoms with van der Waals surface area (Å²) in [6.07, 6.45) is 0.583. The molecular weight excluding hydrogens is 200 g/mol. The van der Waals surface area contributed by atoms with Gasteiger partial charge in [0.25, 0.3) is 0 Å². The lowest BCUT2D eigenvalue weighted by Gasteiger charge is -2.03. The van der Waals surface area contributed by atoms with E-state index in [1.54, 1.807) is 12.1 Å². The molecular formula is C11H11F2NO. The number of benzene rings is 1. The van der Waals surface area contributed by atoms with Gasteiger partial charge in [-0.25, -0.2) is 0 Å². The highest BCUT2D eigenvalue weighted by atomic mass is 19.3. The molecule has 2 nitrogen and oxygen atoms in total. The van der Waals surface area contributed by atoms with Crippen LogP contribution in [-0.2, 0) is 0 Å². The molecule has 0 aliphatic heterocycles. The lowest BCUT2D eigenvalue weighted by molar-refractivity contribution is -0.0498. The predicted octanol–water partition coefficient (Wildman–Crippen LogP) is 1.99. The van der Waals surface area contributed by atoms with Crippen LogP contribution in [0.25, 0.3) is 0 Å². The fourth-order valence-electron chi connectivity index (χ4n) is 0.987. The fourth-order valence-corrected chi connectivity index (χ4v) is 0.987. The van der Waals surface area contributed by atoms with E-state index in [1.165, 1.54) is 12.1 Å². The Balaban J connectivity index is 2.71. The molecule has 0 aliphatic carbocycles. The summed E-state index contributed by atoms with van der Waals surface area (Å²) in [5, 5.41) is 0. The monoisotopic (exact) mass is 211 g/mol. The maximum absolute atomic E-state index is 11.9. The zero-order valence-electron chi connectivity index (χ0n) is 8.04. The molecule has 0 amide bonds. The predicted molar refractivity (Wildman–Crippen MR) is 53.6 cm³/mol. The molecule has 1 aromatic rings. The minimum Gasteiger partial charge on any atom is -0.435 e. The minimum absolute atomic E-state index is 0.115. The average Bonchev–Trinajstić information content (AvgIpc) is 2.18. The van der Waals surface area contributed by atoms with Crippen molar-refractivity contribution < 1.29 is 13.5 Å². The van der Waals surface area contributed by atoms with Gasteiger partial charge in [-0.15, -0.1) is 0 Å². The highest BCUT2D eigenvalue weighted by molar-refractivity contribution is 5.39. The molecule has 1 rings (SSSR count). The van der Waals surface area contributed by atoms with Crippen molar-refractivity contribution >= 4 is 0 Å². The molecule has 0 fully saturated rings. The third-order valence-corrected chi connectivity index (χ3v) is 1.56. The summed E-state index contributed by atoms with van der Waals surface area (Å²) in [6.45, 7) is -2.32. The number of ether oxygens (including phenoxy) is 1. The third-order valence-electron chi connectivity index (χ3n) is 1.56. The molecule has 0 atom stereocenters. The molecule has 0 aromatic heterocycles. The Morgan fingerprint density at radius 3 is 2.87 bits per heavy atom. The van der Waals surface area contributed by atoms with Gasteiger partial charge in [0, 0.05) is 18.5 Å². The summed E-state index contributed by atoms with van der Waals surface area (Å²) in [5.74, 6) is 5.73. The highest BCUT2D eigenvalue weighted by Gasteiger charge is 2.03. The van der Waals surface area contributed by atoms with E-state index in [0.717, 1.165) is 0 Å². The van der Waals surface area contributed by atoms with Gasteiger partial charge in [-0.1, -0.05) is 17.9 Å². The highest BCUT2D eigenvalue weighted by Crippen LogP contribution is 2.15. The van der Waals surface area contributed by atoms with Gasteiger partial charge in [0.1, 0.15) is 5.75 Å². The zero-order valence-corrected chi connectivity index (χ0v) is 8.04. The normalized spacial score (nSPS) is 9.60. The average molecular weight is 211 g/mol. The van der Waals surface area contributed by atoms with E-state index >= 15 is 0 Å². The van der Waals surface area contributed by atoms with Crippen LogP contribution >= 0.6 is 0 Å². The fraction of sp³-hybridized carbons (Fsp3) is 0.273. The second-order valence-electron chi connectivity index (χ2n) is 2.75. The van der Waals surface area contributed by atoms with Crippen LogP contribution in [0.4, 0.5) is 8.78 Å². The van der Waals surface area contributed by atoms with E-state index in [9.17, 15) is 8.78 Å². The Labute approximate surface area is 87.0 Å². The first-order chi connectivity index (χ1) is 7.22. The smallest absolute Gasteiger partial charge is 0.387 e. The maximum Gasteiger partial charge on any atom is 0.387 e. The molecule has 0 saturated heterocycles. The molecule has 0 aliphatic rings. The largest absolute Gasteiger partial charge is 0.435 e. The van der Waals surface area contributed by atoms with Gasteiger partial charge in [0.15, 0.2) is 0 Å². The minimum atomic E-state index is -2.81. The third kappa shape index (κ3) is 4.43. The number of alkyl halides is 2. The summed E-state index contributed by atoms with van der Waals surface area (Å²) >= 11 is 0. The molecule has 0 heterocycles. The summed E-state index contributed by atoms with van der Waals surface area (Å²) in [6, 6.07) is 6.27. The quantitative estimate of drug-likeness (QED) is 0.776. The van der Waals surface area contributed by atoms with Crippen LogP contribution in [0.2, 0.25) is 0 Å². The van der Waals surface area contributed by atoms with Crippen LogP contribution in [0.3, 0.4) is 0 Å². The lowest BCUT2D eigenvalue weighted by atomic mass is 10.2. The van der Waals surface area contributed by atoms with Crippen LogP contribution in [0.5, 0.6) is 5.75 Å². The van der Waals surface area contributed by atoms with Gasteiger partial charge < -0.3 is 10.5 Å². The van der Waals surface area contributed by atoms with Crippen LogP contribution in [-0.4, -0.2) is 13.2 Å². The van der Waals surface area contributed by atoms with Crippen molar-refractivity contribution in [2.45, 2.75) is 13.0 Å². The van der Waals surface area contributed by atoms with Crippen molar-refractivity contribution in [3.05, 3.63) is 29.8 Å². The van der Waals surface area contributed by atoms with Crippen molar-refractivity contribution in [2.75, 3.05) is 6.54 Å². The summed E-state index contributed by atoms with van der Waals surface area (Å²) in [4.78, 5) is 0. The first-order valence-corrected chi connectivity index (χ1v) is 4.46. The summed E-state index contributed by atoms with van der Waals surface area (Å²) in [7, 11) is 0. The van der Waals surface area contributed by atoms with E-state index < -0.39 is 6.61 Å². The Bertz CT molecular complexity index is 368. The molecule has 0 spiro atoms. The molecule has 80 valence electrons. The van der Waals surface area contributed by atoms with E-state index in [2.05, 4.69) is 16.6 Å². The zero-order chi connectivity index (χ0) is 11.1. The van der Waals surface area contributed by atoms with E-state index in [4.69, 9.17) is 5.73 Å². The maximum atomic E-state index is 11.9. The SMILES string of the molecule is NCCC#Cc1cccc(OC(F)F)c1. The van der Waals surface area contributed by atoms with Gasteiger partial charge in [-0.3, -0.25) is 0 Å². The second-order valence-corrected chi connectivity index (χ2v) is 2.75. The van der Waals surface area contributed by atoms with Crippen LogP contribution < -0.4 is 10.5 Å². The van der Waals surface area contributed by atoms with Crippen LogP contribution in [0, 0.1) is 11.8 Å². The number of hydrogen-bond donors (Lipinski definition) is 1. The molecule has 2 N–H and O–H groups in total. The summed E-state index contributed by atoms with van der Waals surface area (Å²) in [5.41, 5.74) is 5.90. The number of halogens is 2. The number of nitrogens with two attached hydrogens (primary N) is 1. The van der Waals surface area contributed by atoms with Gasteiger partial charge in [0.2, 0.25) is 0 Å². The van der Waals surface area contributed by atoms with Gasteiger partial charge in [0.05, 0.1) is 0 Å². The van der Waals surface area contributed by atoms with Crippen molar-refractivity contribution in [2.24, 2.45) is 5.73 Å². The molecule has 15 heavy (non-hydrogen) atoms. The molecule has 1 aromatic carbocycles. The van der Waals surface area contributed by atoms with Crippen molar-refractivity contribution in [1.82, 2.24) is 0 Å². The number of hydrogen-bond acceptors (Lipinski definition) is 2. The van der Waals surface area contributed by atoms with Crippen LogP contribution in [0.1, 0.15) is 12.0 Å².